The quantitative estimate of drug-likeness (QED) is 0.895. The lowest BCUT2D eigenvalue weighted by Gasteiger charge is -2.54. The van der Waals surface area contributed by atoms with E-state index in [-0.39, 0.29) is 24.0 Å². The molecule has 0 aliphatic carbocycles. The van der Waals surface area contributed by atoms with Crippen LogP contribution in [0.5, 0.6) is 0 Å². The van der Waals surface area contributed by atoms with Crippen LogP contribution in [0, 0.1) is 5.41 Å². The number of rotatable bonds is 4. The highest BCUT2D eigenvalue weighted by Crippen LogP contribution is 2.41. The maximum Gasteiger partial charge on any atom is 0.254 e. The Labute approximate surface area is 158 Å². The van der Waals surface area contributed by atoms with Crippen LogP contribution >= 0.6 is 11.3 Å². The zero-order valence-electron chi connectivity index (χ0n) is 15.4. The molecule has 0 bridgehead atoms. The van der Waals surface area contributed by atoms with E-state index < -0.39 is 0 Å². The van der Waals surface area contributed by atoms with Crippen LogP contribution in [0.25, 0.3) is 10.2 Å². The number of aliphatic hydroxyl groups is 1. The minimum atomic E-state index is -0.175. The van der Waals surface area contributed by atoms with Crippen LogP contribution in [0.3, 0.4) is 0 Å². The number of benzene rings is 1. The van der Waals surface area contributed by atoms with E-state index in [9.17, 15) is 9.90 Å². The third kappa shape index (κ3) is 3.04. The first-order chi connectivity index (χ1) is 12.7. The molecule has 2 aliphatic heterocycles. The number of amides is 1. The lowest BCUT2D eigenvalue weighted by Crippen LogP contribution is -2.63. The van der Waals surface area contributed by atoms with E-state index in [1.807, 2.05) is 28.6 Å². The molecule has 1 amide bonds. The van der Waals surface area contributed by atoms with Gasteiger partial charge in [-0.25, -0.2) is 4.98 Å². The van der Waals surface area contributed by atoms with E-state index in [0.29, 0.717) is 5.56 Å². The summed E-state index contributed by atoms with van der Waals surface area (Å²) in [4.78, 5) is 22.1. The molecule has 2 fully saturated rings. The van der Waals surface area contributed by atoms with Crippen LogP contribution in [-0.4, -0.2) is 64.6 Å². The number of carbonyl (C=O) groups excluding carboxylic acids is 1. The highest BCUT2D eigenvalue weighted by Gasteiger charge is 2.49. The maximum absolute atomic E-state index is 13.3. The number of hydrogen-bond acceptors (Lipinski definition) is 5. The predicted octanol–water partition coefficient (Wildman–Crippen LogP) is 3.00. The summed E-state index contributed by atoms with van der Waals surface area (Å²) < 4.78 is 1.11. The van der Waals surface area contributed by atoms with Gasteiger partial charge in [0.15, 0.2) is 0 Å². The monoisotopic (exact) mass is 373 g/mol. The van der Waals surface area contributed by atoms with Crippen molar-refractivity contribution in [3.63, 3.8) is 0 Å². The molecule has 0 spiro atoms. The van der Waals surface area contributed by atoms with Crippen molar-refractivity contribution in [3.8, 4) is 0 Å². The standard InChI is InChI=1S/C20H27N3O2S/c1-2-8-22-10-6-18-20(12-22,13-24)7-3-9-23(18)19(25)15-4-5-17-16(11-15)21-14-26-17/h4-5,11,14,18,24H,2-3,6-10,12-13H2,1H3/t18-,20-/m1/s1. The summed E-state index contributed by atoms with van der Waals surface area (Å²) in [5, 5.41) is 10.3. The topological polar surface area (TPSA) is 56.7 Å². The minimum absolute atomic E-state index is 0.0892. The van der Waals surface area contributed by atoms with Crippen molar-refractivity contribution in [3.05, 3.63) is 29.3 Å². The number of aliphatic hydroxyl groups excluding tert-OH is 1. The molecule has 2 aliphatic rings. The van der Waals surface area contributed by atoms with Gasteiger partial charge in [0.2, 0.25) is 0 Å². The number of hydrogen-bond donors (Lipinski definition) is 1. The molecule has 6 heteroatoms. The fourth-order valence-electron chi connectivity index (χ4n) is 4.87. The van der Waals surface area contributed by atoms with Gasteiger partial charge in [0.25, 0.3) is 5.91 Å². The molecule has 0 radical (unpaired) electrons. The number of piperidine rings is 2. The average molecular weight is 374 g/mol. The van der Waals surface area contributed by atoms with Crippen molar-refractivity contribution in [2.75, 3.05) is 32.8 Å². The summed E-state index contributed by atoms with van der Waals surface area (Å²) in [6, 6.07) is 5.96. The first-order valence-corrected chi connectivity index (χ1v) is 10.5. The number of fused-ring (bicyclic) bond motifs is 2. The van der Waals surface area contributed by atoms with E-state index in [4.69, 9.17) is 0 Å². The Kier molecular flexibility index (Phi) is 4.99. The second kappa shape index (κ2) is 7.25. The number of thiazole rings is 1. The summed E-state index contributed by atoms with van der Waals surface area (Å²) in [5.74, 6) is 0.0892. The van der Waals surface area contributed by atoms with Crippen molar-refractivity contribution >= 4 is 27.5 Å². The summed E-state index contributed by atoms with van der Waals surface area (Å²) in [6.45, 7) is 6.12. The van der Waals surface area contributed by atoms with Gasteiger partial charge in [0.05, 0.1) is 22.3 Å². The molecule has 0 saturated carbocycles. The molecule has 0 unspecified atom stereocenters. The summed E-state index contributed by atoms with van der Waals surface area (Å²) in [7, 11) is 0. The van der Waals surface area contributed by atoms with Crippen molar-refractivity contribution in [1.29, 1.82) is 0 Å². The zero-order chi connectivity index (χ0) is 18.1. The molecule has 26 heavy (non-hydrogen) atoms. The summed E-state index contributed by atoms with van der Waals surface area (Å²) in [6.07, 6.45) is 4.04. The molecule has 1 aromatic heterocycles. The number of nitrogens with zero attached hydrogens (tertiary/aromatic N) is 3. The highest BCUT2D eigenvalue weighted by molar-refractivity contribution is 7.16. The van der Waals surface area contributed by atoms with Crippen molar-refractivity contribution < 1.29 is 9.90 Å². The molecule has 3 heterocycles. The van der Waals surface area contributed by atoms with Gasteiger partial charge < -0.3 is 14.9 Å². The van der Waals surface area contributed by atoms with E-state index in [1.165, 1.54) is 0 Å². The Balaban J connectivity index is 1.60. The Morgan fingerprint density at radius 2 is 2.31 bits per heavy atom. The van der Waals surface area contributed by atoms with Crippen molar-refractivity contribution in [2.45, 2.75) is 38.6 Å². The van der Waals surface area contributed by atoms with Gasteiger partial charge in [-0.3, -0.25) is 4.79 Å². The van der Waals surface area contributed by atoms with Crippen LogP contribution in [-0.2, 0) is 0 Å². The summed E-state index contributed by atoms with van der Waals surface area (Å²) in [5.41, 5.74) is 3.25. The number of aromatic nitrogens is 1. The molecule has 5 nitrogen and oxygen atoms in total. The third-order valence-electron chi connectivity index (χ3n) is 6.11. The normalized spacial score (nSPS) is 26.8. The van der Waals surface area contributed by atoms with Gasteiger partial charge in [0, 0.05) is 36.7 Å². The van der Waals surface area contributed by atoms with Gasteiger partial charge in [0.1, 0.15) is 0 Å². The Bertz CT molecular complexity index is 792. The van der Waals surface area contributed by atoms with Gasteiger partial charge in [-0.1, -0.05) is 6.92 Å². The Hall–Kier alpha value is -1.50. The van der Waals surface area contributed by atoms with Crippen molar-refractivity contribution in [1.82, 2.24) is 14.8 Å². The molecule has 2 aromatic rings. The Morgan fingerprint density at radius 3 is 3.12 bits per heavy atom. The van der Waals surface area contributed by atoms with E-state index in [1.54, 1.807) is 11.3 Å². The lowest BCUT2D eigenvalue weighted by atomic mass is 9.69. The van der Waals surface area contributed by atoms with Gasteiger partial charge in [-0.15, -0.1) is 11.3 Å². The van der Waals surface area contributed by atoms with Gasteiger partial charge in [-0.05, 0) is 50.4 Å². The smallest absolute Gasteiger partial charge is 0.254 e. The van der Waals surface area contributed by atoms with E-state index >= 15 is 0 Å². The molecule has 140 valence electrons. The van der Waals surface area contributed by atoms with E-state index in [2.05, 4.69) is 16.8 Å². The fraction of sp³-hybridized carbons (Fsp3) is 0.600. The molecular formula is C20H27N3O2S. The van der Waals surface area contributed by atoms with Crippen LogP contribution < -0.4 is 0 Å². The molecule has 2 saturated heterocycles. The first-order valence-electron chi connectivity index (χ1n) is 9.64. The van der Waals surface area contributed by atoms with Crippen LogP contribution in [0.1, 0.15) is 43.0 Å². The molecule has 1 N–H and O–H groups in total. The molecule has 1 aromatic carbocycles. The van der Waals surface area contributed by atoms with Crippen molar-refractivity contribution in [2.24, 2.45) is 5.41 Å². The lowest BCUT2D eigenvalue weighted by molar-refractivity contribution is -0.0665. The second-order valence-corrected chi connectivity index (χ2v) is 8.62. The van der Waals surface area contributed by atoms with Crippen LogP contribution in [0.4, 0.5) is 0 Å². The predicted molar refractivity (Wildman–Crippen MR) is 105 cm³/mol. The van der Waals surface area contributed by atoms with Gasteiger partial charge in [-0.2, -0.15) is 0 Å². The van der Waals surface area contributed by atoms with Gasteiger partial charge >= 0.3 is 0 Å². The minimum Gasteiger partial charge on any atom is -0.396 e. The van der Waals surface area contributed by atoms with E-state index in [0.717, 1.165) is 62.1 Å². The van der Waals surface area contributed by atoms with Crippen LogP contribution in [0.2, 0.25) is 0 Å². The third-order valence-corrected chi connectivity index (χ3v) is 6.92. The molecule has 4 rings (SSSR count). The fourth-order valence-corrected chi connectivity index (χ4v) is 5.53. The highest BCUT2D eigenvalue weighted by atomic mass is 32.1. The zero-order valence-corrected chi connectivity index (χ0v) is 16.2. The summed E-state index contributed by atoms with van der Waals surface area (Å²) >= 11 is 1.59. The maximum atomic E-state index is 13.3. The number of likely N-dealkylation sites (tertiary alicyclic amines) is 2. The molecular weight excluding hydrogens is 346 g/mol. The first kappa shape index (κ1) is 17.9. The Morgan fingerprint density at radius 1 is 1.42 bits per heavy atom. The second-order valence-electron chi connectivity index (χ2n) is 7.74. The SMILES string of the molecule is CCCN1CC[C@H]2N(C(=O)c3ccc4scnc4c3)CCC[C@]2(CO)C1. The average Bonchev–Trinajstić information content (AvgIpc) is 3.14. The number of carbonyl (C=O) groups is 1. The largest absolute Gasteiger partial charge is 0.396 e. The molecule has 2 atom stereocenters. The van der Waals surface area contributed by atoms with Crippen LogP contribution in [0.15, 0.2) is 23.7 Å².